The standard InChI is InChI=1S/C5H5NS.CH2O2/c7-5-2-1-3-6-4-5;2-1-3/h1-4,7H;1H,(H,2,3). The fourth-order valence-electron chi connectivity index (χ4n) is 0.354. The molecule has 0 radical (unpaired) electrons. The number of carboxylic acid groups (broad SMARTS) is 1. The first-order chi connectivity index (χ1) is 4.81. The van der Waals surface area contributed by atoms with Crippen LogP contribution in [0.3, 0.4) is 0 Å². The van der Waals surface area contributed by atoms with Crippen LogP contribution in [0.5, 0.6) is 0 Å². The van der Waals surface area contributed by atoms with Crippen LogP contribution in [0.15, 0.2) is 29.4 Å². The van der Waals surface area contributed by atoms with Gasteiger partial charge in [-0.3, -0.25) is 9.78 Å². The van der Waals surface area contributed by atoms with Gasteiger partial charge in [0.1, 0.15) is 0 Å². The molecule has 1 aromatic heterocycles. The van der Waals surface area contributed by atoms with Gasteiger partial charge < -0.3 is 5.11 Å². The summed E-state index contributed by atoms with van der Waals surface area (Å²) in [5.41, 5.74) is 0. The first kappa shape index (κ1) is 8.97. The van der Waals surface area contributed by atoms with Gasteiger partial charge in [-0.25, -0.2) is 0 Å². The Bertz CT molecular complexity index is 178. The van der Waals surface area contributed by atoms with Crippen molar-refractivity contribution in [3.8, 4) is 0 Å². The number of pyridine rings is 1. The van der Waals surface area contributed by atoms with Crippen molar-refractivity contribution in [3.05, 3.63) is 24.5 Å². The van der Waals surface area contributed by atoms with E-state index < -0.39 is 0 Å². The van der Waals surface area contributed by atoms with Crippen LogP contribution in [-0.2, 0) is 4.79 Å². The highest BCUT2D eigenvalue weighted by Crippen LogP contribution is 1.98. The summed E-state index contributed by atoms with van der Waals surface area (Å²) >= 11 is 4.02. The summed E-state index contributed by atoms with van der Waals surface area (Å²) in [5, 5.41) is 6.89. The average molecular weight is 157 g/mol. The molecule has 4 heteroatoms. The molecule has 1 rings (SSSR count). The van der Waals surface area contributed by atoms with Crippen molar-refractivity contribution in [1.82, 2.24) is 4.98 Å². The number of rotatable bonds is 0. The zero-order valence-electron chi connectivity index (χ0n) is 5.14. The molecule has 0 saturated carbocycles. The third-order valence-corrected chi connectivity index (χ3v) is 0.910. The van der Waals surface area contributed by atoms with Gasteiger partial charge in [0.05, 0.1) is 0 Å². The molecule has 0 atom stereocenters. The van der Waals surface area contributed by atoms with E-state index in [-0.39, 0.29) is 6.47 Å². The monoisotopic (exact) mass is 157 g/mol. The zero-order valence-corrected chi connectivity index (χ0v) is 6.03. The molecule has 1 heterocycles. The van der Waals surface area contributed by atoms with Crippen LogP contribution in [0, 0.1) is 0 Å². The molecule has 0 aliphatic carbocycles. The summed E-state index contributed by atoms with van der Waals surface area (Å²) < 4.78 is 0. The Hall–Kier alpha value is -1.03. The summed E-state index contributed by atoms with van der Waals surface area (Å²) in [4.78, 5) is 13.1. The van der Waals surface area contributed by atoms with Gasteiger partial charge in [-0.15, -0.1) is 12.6 Å². The van der Waals surface area contributed by atoms with Crippen LogP contribution < -0.4 is 0 Å². The smallest absolute Gasteiger partial charge is 0.290 e. The first-order valence-corrected chi connectivity index (χ1v) is 2.93. The van der Waals surface area contributed by atoms with E-state index in [0.717, 1.165) is 4.90 Å². The number of thiol groups is 1. The molecule has 0 fully saturated rings. The lowest BCUT2D eigenvalue weighted by Crippen LogP contribution is -1.65. The minimum Gasteiger partial charge on any atom is -0.483 e. The minimum atomic E-state index is -0.250. The fourth-order valence-corrected chi connectivity index (χ4v) is 0.506. The number of hydrogen-bond donors (Lipinski definition) is 2. The second-order valence-corrected chi connectivity index (χ2v) is 1.83. The van der Waals surface area contributed by atoms with Crippen LogP contribution in [0.1, 0.15) is 0 Å². The molecule has 0 unspecified atom stereocenters. The Labute approximate surface area is 64.1 Å². The van der Waals surface area contributed by atoms with Crippen molar-refractivity contribution in [1.29, 1.82) is 0 Å². The zero-order chi connectivity index (χ0) is 7.82. The van der Waals surface area contributed by atoms with Gasteiger partial charge in [-0.2, -0.15) is 0 Å². The molecule has 1 aromatic rings. The molecule has 0 saturated heterocycles. The Morgan fingerprint density at radius 1 is 1.70 bits per heavy atom. The van der Waals surface area contributed by atoms with Crippen molar-refractivity contribution in [2.75, 3.05) is 0 Å². The van der Waals surface area contributed by atoms with Crippen LogP contribution in [0.2, 0.25) is 0 Å². The second kappa shape index (κ2) is 6.10. The predicted octanol–water partition coefficient (Wildman–Crippen LogP) is 1.07. The number of carbonyl (C=O) groups is 1. The third-order valence-electron chi connectivity index (χ3n) is 0.646. The van der Waals surface area contributed by atoms with E-state index >= 15 is 0 Å². The lowest BCUT2D eigenvalue weighted by Gasteiger charge is -1.81. The Kier molecular flexibility index (Phi) is 5.47. The van der Waals surface area contributed by atoms with Crippen molar-refractivity contribution < 1.29 is 9.90 Å². The van der Waals surface area contributed by atoms with Gasteiger partial charge in [-0.1, -0.05) is 0 Å². The molecule has 0 aliphatic rings. The van der Waals surface area contributed by atoms with E-state index in [2.05, 4.69) is 17.6 Å². The van der Waals surface area contributed by atoms with E-state index in [9.17, 15) is 0 Å². The highest BCUT2D eigenvalue weighted by molar-refractivity contribution is 7.80. The fraction of sp³-hybridized carbons (Fsp3) is 0. The van der Waals surface area contributed by atoms with Crippen molar-refractivity contribution in [3.63, 3.8) is 0 Å². The van der Waals surface area contributed by atoms with Crippen molar-refractivity contribution >= 4 is 19.1 Å². The normalized spacial score (nSPS) is 7.30. The molecule has 0 aliphatic heterocycles. The molecule has 0 aromatic carbocycles. The van der Waals surface area contributed by atoms with E-state index in [1.54, 1.807) is 12.4 Å². The SMILES string of the molecule is O=CO.Sc1cccnc1. The van der Waals surface area contributed by atoms with Gasteiger partial charge in [0.2, 0.25) is 0 Å². The van der Waals surface area contributed by atoms with E-state index in [4.69, 9.17) is 9.90 Å². The number of nitrogens with zero attached hydrogens (tertiary/aromatic N) is 1. The molecule has 1 N–H and O–H groups in total. The highest BCUT2D eigenvalue weighted by atomic mass is 32.1. The lowest BCUT2D eigenvalue weighted by atomic mass is 10.5. The van der Waals surface area contributed by atoms with Crippen LogP contribution in [0.25, 0.3) is 0 Å². The van der Waals surface area contributed by atoms with Gasteiger partial charge >= 0.3 is 0 Å². The molecular formula is C6H7NO2S. The maximum atomic E-state index is 8.36. The summed E-state index contributed by atoms with van der Waals surface area (Å²) in [5.74, 6) is 0. The number of hydrogen-bond acceptors (Lipinski definition) is 3. The van der Waals surface area contributed by atoms with Gasteiger partial charge in [0.15, 0.2) is 0 Å². The van der Waals surface area contributed by atoms with Gasteiger partial charge in [0, 0.05) is 17.3 Å². The molecule has 0 spiro atoms. The Balaban J connectivity index is 0.000000236. The number of aromatic nitrogens is 1. The summed E-state index contributed by atoms with van der Waals surface area (Å²) in [6, 6.07) is 3.73. The van der Waals surface area contributed by atoms with E-state index in [1.165, 1.54) is 0 Å². The van der Waals surface area contributed by atoms with E-state index in [0.29, 0.717) is 0 Å². The average Bonchev–Trinajstić information content (AvgIpc) is 1.91. The molecule has 0 amide bonds. The molecule has 3 nitrogen and oxygen atoms in total. The molecule has 54 valence electrons. The van der Waals surface area contributed by atoms with Crippen LogP contribution >= 0.6 is 12.6 Å². The Morgan fingerprint density at radius 2 is 2.30 bits per heavy atom. The summed E-state index contributed by atoms with van der Waals surface area (Å²) in [6.07, 6.45) is 3.42. The third kappa shape index (κ3) is 5.11. The molecule has 10 heavy (non-hydrogen) atoms. The van der Waals surface area contributed by atoms with E-state index in [1.807, 2.05) is 12.1 Å². The summed E-state index contributed by atoms with van der Waals surface area (Å²) in [7, 11) is 0. The molecular weight excluding hydrogens is 150 g/mol. The summed E-state index contributed by atoms with van der Waals surface area (Å²) in [6.45, 7) is -0.250. The topological polar surface area (TPSA) is 50.2 Å². The predicted molar refractivity (Wildman–Crippen MR) is 40.2 cm³/mol. The van der Waals surface area contributed by atoms with Crippen LogP contribution in [-0.4, -0.2) is 16.6 Å². The minimum absolute atomic E-state index is 0.250. The molecule has 0 bridgehead atoms. The first-order valence-electron chi connectivity index (χ1n) is 2.48. The maximum Gasteiger partial charge on any atom is 0.290 e. The lowest BCUT2D eigenvalue weighted by molar-refractivity contribution is -0.122. The van der Waals surface area contributed by atoms with Crippen molar-refractivity contribution in [2.24, 2.45) is 0 Å². The van der Waals surface area contributed by atoms with Crippen LogP contribution in [0.4, 0.5) is 0 Å². The van der Waals surface area contributed by atoms with Gasteiger partial charge in [0.25, 0.3) is 6.47 Å². The highest BCUT2D eigenvalue weighted by Gasteiger charge is 1.74. The quantitative estimate of drug-likeness (QED) is 0.437. The maximum absolute atomic E-state index is 8.36. The van der Waals surface area contributed by atoms with Crippen molar-refractivity contribution in [2.45, 2.75) is 4.90 Å². The Morgan fingerprint density at radius 3 is 2.50 bits per heavy atom. The largest absolute Gasteiger partial charge is 0.483 e. The van der Waals surface area contributed by atoms with Gasteiger partial charge in [-0.05, 0) is 12.1 Å². The second-order valence-electron chi connectivity index (χ2n) is 1.32.